The summed E-state index contributed by atoms with van der Waals surface area (Å²) in [7, 11) is 0. The summed E-state index contributed by atoms with van der Waals surface area (Å²) in [4.78, 5) is 24.3. The number of nitrogens with zero attached hydrogens (tertiary/aromatic N) is 1. The van der Waals surface area contributed by atoms with Crippen molar-refractivity contribution in [3.05, 3.63) is 0 Å². The Bertz CT molecular complexity index is 378. The zero-order valence-electron chi connectivity index (χ0n) is 12.4. The van der Waals surface area contributed by atoms with Gasteiger partial charge in [-0.15, -0.1) is 0 Å². The van der Waals surface area contributed by atoms with Gasteiger partial charge in [0.1, 0.15) is 11.3 Å². The number of carboxylic acid groups (broad SMARTS) is 1. The van der Waals surface area contributed by atoms with Gasteiger partial charge in [0.2, 0.25) is 0 Å². The summed E-state index contributed by atoms with van der Waals surface area (Å²) in [5.74, 6) is -0.966. The molecule has 1 heterocycles. The first-order valence-electron chi connectivity index (χ1n) is 6.58. The molecule has 2 atom stereocenters. The first kappa shape index (κ1) is 16.7. The molecule has 0 aromatic rings. The average molecular weight is 289 g/mol. The normalized spacial score (nSPS) is 26.6. The van der Waals surface area contributed by atoms with E-state index in [4.69, 9.17) is 14.6 Å². The zero-order valence-corrected chi connectivity index (χ0v) is 12.4. The third kappa shape index (κ3) is 4.08. The van der Waals surface area contributed by atoms with E-state index in [0.717, 1.165) is 0 Å². The number of aliphatic carboxylic acids is 1. The molecule has 1 amide bonds. The molecule has 1 saturated heterocycles. The molecule has 0 radical (unpaired) electrons. The van der Waals surface area contributed by atoms with E-state index < -0.39 is 29.4 Å². The Kier molecular flexibility index (Phi) is 4.99. The molecule has 1 rings (SSSR count). The van der Waals surface area contributed by atoms with Crippen LogP contribution in [-0.4, -0.2) is 57.8 Å². The van der Waals surface area contributed by atoms with Crippen LogP contribution in [0.3, 0.4) is 0 Å². The second-order valence-corrected chi connectivity index (χ2v) is 6.07. The lowest BCUT2D eigenvalue weighted by molar-refractivity contribution is -0.140. The highest BCUT2D eigenvalue weighted by atomic mass is 16.6. The highest BCUT2D eigenvalue weighted by Gasteiger charge is 2.48. The number of carboxylic acids is 1. The number of hydrogen-bond acceptors (Lipinski definition) is 5. The van der Waals surface area contributed by atoms with Crippen LogP contribution in [0.25, 0.3) is 0 Å². The molecule has 1 aliphatic rings. The van der Waals surface area contributed by atoms with Crippen LogP contribution in [0.15, 0.2) is 0 Å². The van der Waals surface area contributed by atoms with Crippen LogP contribution in [0, 0.1) is 0 Å². The number of ether oxygens (including phenoxy) is 2. The molecule has 116 valence electrons. The summed E-state index contributed by atoms with van der Waals surface area (Å²) in [6.07, 6.45) is -0.603. The lowest BCUT2D eigenvalue weighted by Crippen LogP contribution is -2.52. The predicted molar refractivity (Wildman–Crippen MR) is 70.2 cm³/mol. The van der Waals surface area contributed by atoms with E-state index in [2.05, 4.69) is 0 Å². The summed E-state index contributed by atoms with van der Waals surface area (Å²) >= 11 is 0. The van der Waals surface area contributed by atoms with Gasteiger partial charge >= 0.3 is 12.1 Å². The first-order chi connectivity index (χ1) is 9.09. The van der Waals surface area contributed by atoms with Gasteiger partial charge < -0.3 is 19.7 Å². The van der Waals surface area contributed by atoms with E-state index in [9.17, 15) is 14.7 Å². The molecule has 0 unspecified atom stereocenters. The minimum Gasteiger partial charge on any atom is -0.481 e. The summed E-state index contributed by atoms with van der Waals surface area (Å²) in [6.45, 7) is 6.75. The molecule has 0 aliphatic carbocycles. The summed E-state index contributed by atoms with van der Waals surface area (Å²) in [5, 5.41) is 18.1. The SMILES string of the molecule is CC(C)(C)OC(=O)N1[C@H](CO)CO[C@@]1(C)CCC(=O)O. The second-order valence-electron chi connectivity index (χ2n) is 6.07. The lowest BCUT2D eigenvalue weighted by atomic mass is 10.1. The fourth-order valence-electron chi connectivity index (χ4n) is 2.13. The minimum atomic E-state index is -1.08. The second kappa shape index (κ2) is 5.97. The van der Waals surface area contributed by atoms with Crippen molar-refractivity contribution in [2.75, 3.05) is 13.2 Å². The van der Waals surface area contributed by atoms with E-state index in [1.807, 2.05) is 0 Å². The van der Waals surface area contributed by atoms with Gasteiger partial charge in [0.25, 0.3) is 0 Å². The highest BCUT2D eigenvalue weighted by molar-refractivity contribution is 5.70. The number of carbonyl (C=O) groups is 2. The molecule has 0 saturated carbocycles. The van der Waals surface area contributed by atoms with Crippen molar-refractivity contribution in [3.8, 4) is 0 Å². The van der Waals surface area contributed by atoms with Crippen molar-refractivity contribution in [1.29, 1.82) is 0 Å². The number of rotatable bonds is 4. The van der Waals surface area contributed by atoms with Gasteiger partial charge in [-0.05, 0) is 27.7 Å². The fraction of sp³-hybridized carbons (Fsp3) is 0.846. The molecule has 7 nitrogen and oxygen atoms in total. The van der Waals surface area contributed by atoms with Crippen molar-refractivity contribution in [3.63, 3.8) is 0 Å². The Morgan fingerprint density at radius 2 is 2.05 bits per heavy atom. The summed E-state index contributed by atoms with van der Waals surface area (Å²) < 4.78 is 10.8. The Hall–Kier alpha value is -1.34. The van der Waals surface area contributed by atoms with Crippen LogP contribution < -0.4 is 0 Å². The van der Waals surface area contributed by atoms with E-state index in [1.54, 1.807) is 27.7 Å². The Balaban J connectivity index is 2.88. The maximum Gasteiger partial charge on any atom is 0.412 e. The average Bonchev–Trinajstić information content (AvgIpc) is 2.62. The van der Waals surface area contributed by atoms with Crippen LogP contribution in [-0.2, 0) is 14.3 Å². The van der Waals surface area contributed by atoms with Gasteiger partial charge in [0, 0.05) is 12.8 Å². The Morgan fingerprint density at radius 1 is 1.45 bits per heavy atom. The van der Waals surface area contributed by atoms with E-state index in [0.29, 0.717) is 0 Å². The van der Waals surface area contributed by atoms with E-state index >= 15 is 0 Å². The van der Waals surface area contributed by atoms with Crippen molar-refractivity contribution < 1.29 is 29.3 Å². The maximum atomic E-state index is 12.3. The summed E-state index contributed by atoms with van der Waals surface area (Å²) in [5.41, 5.74) is -1.75. The van der Waals surface area contributed by atoms with Crippen molar-refractivity contribution in [2.45, 2.75) is 57.9 Å². The van der Waals surface area contributed by atoms with Crippen molar-refractivity contribution >= 4 is 12.1 Å². The minimum absolute atomic E-state index is 0.131. The van der Waals surface area contributed by atoms with E-state index in [-0.39, 0.29) is 26.1 Å². The maximum absolute atomic E-state index is 12.3. The molecule has 0 aromatic carbocycles. The van der Waals surface area contributed by atoms with Crippen LogP contribution in [0.2, 0.25) is 0 Å². The zero-order chi connectivity index (χ0) is 15.6. The van der Waals surface area contributed by atoms with E-state index in [1.165, 1.54) is 4.90 Å². The van der Waals surface area contributed by atoms with Gasteiger partial charge in [-0.3, -0.25) is 9.69 Å². The summed E-state index contributed by atoms with van der Waals surface area (Å²) in [6, 6.07) is -0.524. The topological polar surface area (TPSA) is 96.3 Å². The monoisotopic (exact) mass is 289 g/mol. The fourth-order valence-corrected chi connectivity index (χ4v) is 2.13. The van der Waals surface area contributed by atoms with Crippen LogP contribution >= 0.6 is 0 Å². The number of hydrogen-bond donors (Lipinski definition) is 2. The third-order valence-electron chi connectivity index (χ3n) is 3.07. The highest BCUT2D eigenvalue weighted by Crippen LogP contribution is 2.33. The van der Waals surface area contributed by atoms with Gasteiger partial charge in [-0.2, -0.15) is 0 Å². The van der Waals surface area contributed by atoms with Crippen LogP contribution in [0.4, 0.5) is 4.79 Å². The van der Waals surface area contributed by atoms with Gasteiger partial charge in [-0.1, -0.05) is 0 Å². The molecule has 20 heavy (non-hydrogen) atoms. The molecular weight excluding hydrogens is 266 g/mol. The molecule has 7 heteroatoms. The molecule has 1 fully saturated rings. The van der Waals surface area contributed by atoms with Crippen LogP contribution in [0.1, 0.15) is 40.5 Å². The number of aliphatic hydroxyl groups is 1. The molecule has 0 bridgehead atoms. The van der Waals surface area contributed by atoms with Gasteiger partial charge in [0.15, 0.2) is 0 Å². The standard InChI is InChI=1S/C13H23NO6/c1-12(2,3)20-11(18)14-9(7-15)8-19-13(14,4)6-5-10(16)17/h9,15H,5-8H2,1-4H3,(H,16,17)/t9-,13+/m1/s1. The Morgan fingerprint density at radius 3 is 2.50 bits per heavy atom. The van der Waals surface area contributed by atoms with Gasteiger partial charge in [-0.25, -0.2) is 4.79 Å². The number of aliphatic hydroxyl groups excluding tert-OH is 1. The van der Waals surface area contributed by atoms with Crippen molar-refractivity contribution in [2.24, 2.45) is 0 Å². The smallest absolute Gasteiger partial charge is 0.412 e. The number of carbonyl (C=O) groups excluding carboxylic acids is 1. The molecule has 2 N–H and O–H groups in total. The quantitative estimate of drug-likeness (QED) is 0.807. The van der Waals surface area contributed by atoms with Gasteiger partial charge in [0.05, 0.1) is 19.3 Å². The molecule has 0 spiro atoms. The number of amides is 1. The largest absolute Gasteiger partial charge is 0.481 e. The Labute approximate surface area is 118 Å². The van der Waals surface area contributed by atoms with Crippen LogP contribution in [0.5, 0.6) is 0 Å². The predicted octanol–water partition coefficient (Wildman–Crippen LogP) is 1.20. The van der Waals surface area contributed by atoms with Crippen molar-refractivity contribution in [1.82, 2.24) is 4.90 Å². The third-order valence-corrected chi connectivity index (χ3v) is 3.07. The molecule has 1 aliphatic heterocycles. The molecular formula is C13H23NO6. The first-order valence-corrected chi connectivity index (χ1v) is 6.58. The lowest BCUT2D eigenvalue weighted by Gasteiger charge is -2.36. The molecule has 0 aromatic heterocycles.